The van der Waals surface area contributed by atoms with Crippen LogP contribution in [0.5, 0.6) is 0 Å². The van der Waals surface area contributed by atoms with Gasteiger partial charge in [-0.3, -0.25) is 0 Å². The Bertz CT molecular complexity index is 89.3. The molecule has 0 saturated heterocycles. The topological polar surface area (TPSA) is 40.5 Å². The van der Waals surface area contributed by atoms with Crippen molar-refractivity contribution in [2.24, 2.45) is 5.92 Å². The van der Waals surface area contributed by atoms with E-state index in [0.717, 1.165) is 12.8 Å². The Hall–Kier alpha value is -0.340. The molecule has 0 rings (SSSR count). The molecular weight excluding hydrogens is 128 g/mol. The molecule has 0 amide bonds. The van der Waals surface area contributed by atoms with Crippen LogP contribution in [0.15, 0.2) is 12.2 Å². The minimum Gasteiger partial charge on any atom is -0.396 e. The van der Waals surface area contributed by atoms with Gasteiger partial charge in [-0.1, -0.05) is 12.2 Å². The Morgan fingerprint density at radius 2 is 2.10 bits per heavy atom. The van der Waals surface area contributed by atoms with Gasteiger partial charge >= 0.3 is 0 Å². The Kier molecular flexibility index (Phi) is 6.55. The van der Waals surface area contributed by atoms with Crippen LogP contribution >= 0.6 is 0 Å². The largest absolute Gasteiger partial charge is 0.396 e. The molecule has 0 aliphatic heterocycles. The summed E-state index contributed by atoms with van der Waals surface area (Å²) in [7, 11) is 0. The van der Waals surface area contributed by atoms with Crippen LogP contribution in [0, 0.1) is 5.92 Å². The molecular formula is C8H16O2. The normalized spacial score (nSPS) is 14.3. The molecule has 0 aromatic rings. The van der Waals surface area contributed by atoms with Gasteiger partial charge in [-0.2, -0.15) is 0 Å². The third-order valence-corrected chi connectivity index (χ3v) is 1.43. The standard InChI is InChI=1S/C8H16O2/c1-2-4-8(7-10)5-3-6-9/h2,4,8-10H,3,5-7H2,1H3. The molecule has 0 aromatic carbocycles. The van der Waals surface area contributed by atoms with Crippen LogP contribution in [0.25, 0.3) is 0 Å². The van der Waals surface area contributed by atoms with Gasteiger partial charge in [0.05, 0.1) is 0 Å². The summed E-state index contributed by atoms with van der Waals surface area (Å²) >= 11 is 0. The molecule has 1 unspecified atom stereocenters. The number of aliphatic hydroxyl groups excluding tert-OH is 2. The van der Waals surface area contributed by atoms with Gasteiger partial charge in [0.15, 0.2) is 0 Å². The van der Waals surface area contributed by atoms with Gasteiger partial charge in [-0.05, 0) is 25.7 Å². The van der Waals surface area contributed by atoms with Gasteiger partial charge < -0.3 is 10.2 Å². The van der Waals surface area contributed by atoms with Crippen LogP contribution < -0.4 is 0 Å². The summed E-state index contributed by atoms with van der Waals surface area (Å²) in [6.07, 6.45) is 5.54. The van der Waals surface area contributed by atoms with E-state index in [1.807, 2.05) is 19.1 Å². The van der Waals surface area contributed by atoms with Gasteiger partial charge in [0.1, 0.15) is 0 Å². The monoisotopic (exact) mass is 144 g/mol. The molecule has 0 saturated carbocycles. The molecule has 0 heterocycles. The number of allylic oxidation sites excluding steroid dienone is 1. The van der Waals surface area contributed by atoms with Crippen LogP contribution in [-0.2, 0) is 0 Å². The first-order valence-electron chi connectivity index (χ1n) is 3.69. The van der Waals surface area contributed by atoms with Crippen molar-refractivity contribution in [1.29, 1.82) is 0 Å². The van der Waals surface area contributed by atoms with Crippen LogP contribution in [0.4, 0.5) is 0 Å². The van der Waals surface area contributed by atoms with Gasteiger partial charge in [0, 0.05) is 13.2 Å². The van der Waals surface area contributed by atoms with Crippen molar-refractivity contribution < 1.29 is 10.2 Å². The average Bonchev–Trinajstić information content (AvgIpc) is 1.98. The van der Waals surface area contributed by atoms with Crippen molar-refractivity contribution in [3.8, 4) is 0 Å². The Morgan fingerprint density at radius 3 is 2.50 bits per heavy atom. The van der Waals surface area contributed by atoms with Crippen molar-refractivity contribution in [2.45, 2.75) is 19.8 Å². The van der Waals surface area contributed by atoms with Gasteiger partial charge in [-0.25, -0.2) is 0 Å². The van der Waals surface area contributed by atoms with Crippen molar-refractivity contribution in [3.63, 3.8) is 0 Å². The van der Waals surface area contributed by atoms with E-state index in [1.54, 1.807) is 0 Å². The summed E-state index contributed by atoms with van der Waals surface area (Å²) in [5.74, 6) is 0.233. The highest BCUT2D eigenvalue weighted by Crippen LogP contribution is 2.06. The summed E-state index contributed by atoms with van der Waals surface area (Å²) in [5.41, 5.74) is 0. The molecule has 2 heteroatoms. The first kappa shape index (κ1) is 9.66. The van der Waals surface area contributed by atoms with E-state index in [1.165, 1.54) is 0 Å². The van der Waals surface area contributed by atoms with E-state index < -0.39 is 0 Å². The SMILES string of the molecule is CC=CC(CO)CCCO. The van der Waals surface area contributed by atoms with E-state index in [2.05, 4.69) is 0 Å². The van der Waals surface area contributed by atoms with Gasteiger partial charge in [0.2, 0.25) is 0 Å². The second-order valence-electron chi connectivity index (χ2n) is 2.33. The third kappa shape index (κ3) is 4.53. The van der Waals surface area contributed by atoms with Crippen LogP contribution in [0.1, 0.15) is 19.8 Å². The molecule has 1 atom stereocenters. The number of aliphatic hydroxyl groups is 2. The lowest BCUT2D eigenvalue weighted by molar-refractivity contribution is 0.225. The second-order valence-corrected chi connectivity index (χ2v) is 2.33. The average molecular weight is 144 g/mol. The molecule has 60 valence electrons. The molecule has 0 aromatic heterocycles. The highest BCUT2D eigenvalue weighted by molar-refractivity contribution is 4.84. The third-order valence-electron chi connectivity index (χ3n) is 1.43. The molecule has 0 radical (unpaired) electrons. The van der Waals surface area contributed by atoms with Crippen molar-refractivity contribution in [1.82, 2.24) is 0 Å². The Balaban J connectivity index is 3.39. The van der Waals surface area contributed by atoms with E-state index >= 15 is 0 Å². The summed E-state index contributed by atoms with van der Waals surface area (Å²) in [5, 5.41) is 17.2. The van der Waals surface area contributed by atoms with Crippen molar-refractivity contribution in [2.75, 3.05) is 13.2 Å². The van der Waals surface area contributed by atoms with Gasteiger partial charge in [-0.15, -0.1) is 0 Å². The first-order chi connectivity index (χ1) is 4.85. The lowest BCUT2D eigenvalue weighted by Gasteiger charge is -2.06. The fraction of sp³-hybridized carbons (Fsp3) is 0.750. The maximum atomic E-state index is 8.75. The van der Waals surface area contributed by atoms with E-state index in [9.17, 15) is 0 Å². The van der Waals surface area contributed by atoms with Crippen molar-refractivity contribution in [3.05, 3.63) is 12.2 Å². The van der Waals surface area contributed by atoms with Crippen LogP contribution in [0.2, 0.25) is 0 Å². The summed E-state index contributed by atoms with van der Waals surface area (Å²) < 4.78 is 0. The molecule has 0 aliphatic carbocycles. The maximum absolute atomic E-state index is 8.75. The summed E-state index contributed by atoms with van der Waals surface area (Å²) in [6.45, 7) is 2.33. The molecule has 0 fully saturated rings. The van der Waals surface area contributed by atoms with E-state index in [4.69, 9.17) is 10.2 Å². The molecule has 0 spiro atoms. The maximum Gasteiger partial charge on any atom is 0.0493 e. The lowest BCUT2D eigenvalue weighted by Crippen LogP contribution is -2.02. The Morgan fingerprint density at radius 1 is 1.40 bits per heavy atom. The highest BCUT2D eigenvalue weighted by Gasteiger charge is 2.00. The predicted molar refractivity (Wildman–Crippen MR) is 41.7 cm³/mol. The fourth-order valence-corrected chi connectivity index (χ4v) is 0.874. The van der Waals surface area contributed by atoms with Crippen molar-refractivity contribution >= 4 is 0 Å². The molecule has 2 N–H and O–H groups in total. The number of hydrogen-bond acceptors (Lipinski definition) is 2. The zero-order valence-corrected chi connectivity index (χ0v) is 6.45. The quantitative estimate of drug-likeness (QED) is 0.564. The van der Waals surface area contributed by atoms with Gasteiger partial charge in [0.25, 0.3) is 0 Å². The number of rotatable bonds is 5. The molecule has 0 aliphatic rings. The molecule has 10 heavy (non-hydrogen) atoms. The van der Waals surface area contributed by atoms with E-state index in [-0.39, 0.29) is 19.1 Å². The zero-order chi connectivity index (χ0) is 7.82. The molecule has 0 bridgehead atoms. The van der Waals surface area contributed by atoms with Crippen LogP contribution in [-0.4, -0.2) is 23.4 Å². The predicted octanol–water partition coefficient (Wildman–Crippen LogP) is 0.944. The highest BCUT2D eigenvalue weighted by atomic mass is 16.3. The molecule has 2 nitrogen and oxygen atoms in total. The minimum atomic E-state index is 0.185. The second kappa shape index (κ2) is 6.78. The fourth-order valence-electron chi connectivity index (χ4n) is 0.874. The van der Waals surface area contributed by atoms with Crippen LogP contribution in [0.3, 0.4) is 0 Å². The minimum absolute atomic E-state index is 0.185. The lowest BCUT2D eigenvalue weighted by atomic mass is 10.0. The first-order valence-corrected chi connectivity index (χ1v) is 3.69. The number of hydrogen-bond donors (Lipinski definition) is 2. The summed E-state index contributed by atoms with van der Waals surface area (Å²) in [4.78, 5) is 0. The Labute approximate surface area is 62.2 Å². The summed E-state index contributed by atoms with van der Waals surface area (Å²) in [6, 6.07) is 0. The smallest absolute Gasteiger partial charge is 0.0493 e. The van der Waals surface area contributed by atoms with E-state index in [0.29, 0.717) is 0 Å². The zero-order valence-electron chi connectivity index (χ0n) is 6.45.